The van der Waals surface area contributed by atoms with E-state index in [1.165, 1.54) is 6.07 Å². The summed E-state index contributed by atoms with van der Waals surface area (Å²) in [7, 11) is 0. The van der Waals surface area contributed by atoms with Crippen LogP contribution in [-0.4, -0.2) is 5.91 Å². The van der Waals surface area contributed by atoms with Crippen LogP contribution in [0.25, 0.3) is 0 Å². The molecule has 1 aromatic rings. The summed E-state index contributed by atoms with van der Waals surface area (Å²) in [6, 6.07) is 3.15. The highest BCUT2D eigenvalue weighted by Gasteiger charge is 2.36. The molecule has 0 bridgehead atoms. The van der Waals surface area contributed by atoms with E-state index in [9.17, 15) is 22.4 Å². The normalized spacial score (nSPS) is 10.9. The lowest BCUT2D eigenvalue weighted by Crippen LogP contribution is -2.17. The van der Waals surface area contributed by atoms with Crippen LogP contribution in [0.5, 0.6) is 0 Å². The lowest BCUT2D eigenvalue weighted by molar-refractivity contribution is -0.137. The predicted molar refractivity (Wildman–Crippen MR) is 55.0 cm³/mol. The average molecular weight is 260 g/mol. The summed E-state index contributed by atoms with van der Waals surface area (Å²) in [6.45, 7) is 0.970. The summed E-state index contributed by atoms with van der Waals surface area (Å²) >= 11 is 0. The molecule has 7 heteroatoms. The number of amides is 1. The van der Waals surface area contributed by atoms with Crippen molar-refractivity contribution in [3.63, 3.8) is 0 Å². The second-order valence-electron chi connectivity index (χ2n) is 3.48. The predicted octanol–water partition coefficient (Wildman–Crippen LogP) is 3.01. The molecule has 3 nitrogen and oxygen atoms in total. The first-order valence-electron chi connectivity index (χ1n) is 4.80. The third-order valence-electron chi connectivity index (χ3n) is 2.20. The highest BCUT2D eigenvalue weighted by Crippen LogP contribution is 2.38. The Morgan fingerprint density at radius 1 is 1.44 bits per heavy atom. The summed E-state index contributed by atoms with van der Waals surface area (Å²) in [5.74, 6) is -1.89. The van der Waals surface area contributed by atoms with Crippen LogP contribution in [0.15, 0.2) is 12.1 Å². The Morgan fingerprint density at radius 3 is 2.56 bits per heavy atom. The van der Waals surface area contributed by atoms with E-state index in [-0.39, 0.29) is 0 Å². The van der Waals surface area contributed by atoms with Crippen molar-refractivity contribution in [3.05, 3.63) is 29.1 Å². The van der Waals surface area contributed by atoms with Crippen molar-refractivity contribution in [1.29, 1.82) is 5.26 Å². The molecule has 0 heterocycles. The first kappa shape index (κ1) is 14.0. The van der Waals surface area contributed by atoms with Crippen molar-refractivity contribution in [2.45, 2.75) is 19.5 Å². The van der Waals surface area contributed by atoms with Gasteiger partial charge in [-0.15, -0.1) is 0 Å². The maximum absolute atomic E-state index is 13.1. The Morgan fingerprint density at radius 2 is 2.06 bits per heavy atom. The van der Waals surface area contributed by atoms with Crippen LogP contribution in [0.2, 0.25) is 0 Å². The standard InChI is InChI=1S/C11H8F4N2O/c1-6-7(12)2-3-8(10(6)11(13,14)15)17-9(18)4-5-16/h2-3H,4H2,1H3,(H,17,18). The van der Waals surface area contributed by atoms with E-state index in [2.05, 4.69) is 0 Å². The van der Waals surface area contributed by atoms with Crippen molar-refractivity contribution in [2.24, 2.45) is 0 Å². The Labute approximate surface area is 100 Å². The Hall–Kier alpha value is -2.10. The lowest BCUT2D eigenvalue weighted by Gasteiger charge is -2.16. The molecule has 0 aromatic heterocycles. The lowest BCUT2D eigenvalue weighted by atomic mass is 10.1. The molecule has 0 fully saturated rings. The third-order valence-corrected chi connectivity index (χ3v) is 2.20. The molecule has 1 amide bonds. The molecule has 0 aliphatic carbocycles. The van der Waals surface area contributed by atoms with Crippen molar-refractivity contribution in [3.8, 4) is 6.07 Å². The van der Waals surface area contributed by atoms with E-state index < -0.39 is 41.1 Å². The summed E-state index contributed by atoms with van der Waals surface area (Å²) < 4.78 is 51.3. The molecular weight excluding hydrogens is 252 g/mol. The molecule has 0 aliphatic rings. The van der Waals surface area contributed by atoms with Crippen molar-refractivity contribution in [2.75, 3.05) is 5.32 Å². The molecule has 96 valence electrons. The molecule has 0 unspecified atom stereocenters. The number of nitrogens with zero attached hydrogens (tertiary/aromatic N) is 1. The van der Waals surface area contributed by atoms with E-state index in [0.29, 0.717) is 0 Å². The number of alkyl halides is 3. The summed E-state index contributed by atoms with van der Waals surface area (Å²) in [5, 5.41) is 10.2. The maximum Gasteiger partial charge on any atom is 0.418 e. The summed E-state index contributed by atoms with van der Waals surface area (Å²) in [4.78, 5) is 11.1. The zero-order valence-corrected chi connectivity index (χ0v) is 9.23. The van der Waals surface area contributed by atoms with Crippen molar-refractivity contribution >= 4 is 11.6 Å². The van der Waals surface area contributed by atoms with Crippen molar-refractivity contribution in [1.82, 2.24) is 0 Å². The van der Waals surface area contributed by atoms with E-state index in [1.807, 2.05) is 5.32 Å². The van der Waals surface area contributed by atoms with Gasteiger partial charge in [-0.3, -0.25) is 4.79 Å². The van der Waals surface area contributed by atoms with E-state index in [0.717, 1.165) is 19.1 Å². The van der Waals surface area contributed by atoms with Crippen LogP contribution < -0.4 is 5.32 Å². The van der Waals surface area contributed by atoms with Gasteiger partial charge >= 0.3 is 6.18 Å². The Balaban J connectivity index is 3.25. The number of hydrogen-bond donors (Lipinski definition) is 1. The van der Waals surface area contributed by atoms with Crippen LogP contribution in [0.3, 0.4) is 0 Å². The molecule has 18 heavy (non-hydrogen) atoms. The molecule has 0 radical (unpaired) electrons. The number of hydrogen-bond acceptors (Lipinski definition) is 2. The zero-order valence-electron chi connectivity index (χ0n) is 9.23. The third kappa shape index (κ3) is 2.97. The first-order valence-corrected chi connectivity index (χ1v) is 4.80. The van der Waals surface area contributed by atoms with Crippen LogP contribution in [0, 0.1) is 24.1 Å². The molecule has 1 aromatic carbocycles. The number of carbonyl (C=O) groups excluding carboxylic acids is 1. The van der Waals surface area contributed by atoms with Gasteiger partial charge in [0.15, 0.2) is 0 Å². The first-order chi connectivity index (χ1) is 8.27. The van der Waals surface area contributed by atoms with E-state index >= 15 is 0 Å². The van der Waals surface area contributed by atoms with Gasteiger partial charge in [-0.25, -0.2) is 4.39 Å². The fourth-order valence-electron chi connectivity index (χ4n) is 1.42. The van der Waals surface area contributed by atoms with Gasteiger partial charge in [0.1, 0.15) is 12.2 Å². The number of halogens is 4. The van der Waals surface area contributed by atoms with Gasteiger partial charge in [0, 0.05) is 0 Å². The zero-order chi connectivity index (χ0) is 13.9. The fourth-order valence-corrected chi connectivity index (χ4v) is 1.42. The Kier molecular flexibility index (Phi) is 3.91. The van der Waals surface area contributed by atoms with Crippen LogP contribution >= 0.6 is 0 Å². The second-order valence-corrected chi connectivity index (χ2v) is 3.48. The number of nitrogens with one attached hydrogen (secondary N) is 1. The van der Waals surface area contributed by atoms with E-state index in [1.54, 1.807) is 0 Å². The monoisotopic (exact) mass is 260 g/mol. The highest BCUT2D eigenvalue weighted by molar-refractivity contribution is 5.93. The molecule has 1 N–H and O–H groups in total. The minimum absolute atomic E-state index is 0.554. The van der Waals surface area contributed by atoms with Gasteiger partial charge in [0.2, 0.25) is 5.91 Å². The van der Waals surface area contributed by atoms with Crippen LogP contribution in [-0.2, 0) is 11.0 Å². The molecule has 0 saturated heterocycles. The Bertz CT molecular complexity index is 517. The SMILES string of the molecule is Cc1c(F)ccc(NC(=O)CC#N)c1C(F)(F)F. The number of benzene rings is 1. The molecule has 0 atom stereocenters. The summed E-state index contributed by atoms with van der Waals surface area (Å²) in [6.07, 6.45) is -5.37. The largest absolute Gasteiger partial charge is 0.418 e. The molecule has 0 saturated carbocycles. The molecule has 0 spiro atoms. The molecular formula is C11H8F4N2O. The number of nitriles is 1. The maximum atomic E-state index is 13.1. The van der Waals surface area contributed by atoms with Crippen LogP contribution in [0.1, 0.15) is 17.5 Å². The van der Waals surface area contributed by atoms with Gasteiger partial charge < -0.3 is 5.32 Å². The number of anilines is 1. The second kappa shape index (κ2) is 5.04. The average Bonchev–Trinajstić information content (AvgIpc) is 2.22. The molecule has 0 aliphatic heterocycles. The fraction of sp³-hybridized carbons (Fsp3) is 0.273. The minimum Gasteiger partial charge on any atom is -0.325 e. The van der Waals surface area contributed by atoms with Crippen LogP contribution in [0.4, 0.5) is 23.2 Å². The smallest absolute Gasteiger partial charge is 0.325 e. The highest BCUT2D eigenvalue weighted by atomic mass is 19.4. The molecule has 1 rings (SSSR count). The quantitative estimate of drug-likeness (QED) is 0.831. The van der Waals surface area contributed by atoms with Gasteiger partial charge in [-0.1, -0.05) is 0 Å². The van der Waals surface area contributed by atoms with Gasteiger partial charge in [0.05, 0.1) is 17.3 Å². The number of rotatable bonds is 2. The summed E-state index contributed by atoms with van der Waals surface area (Å²) in [5.41, 5.74) is -2.40. The van der Waals surface area contributed by atoms with Gasteiger partial charge in [-0.2, -0.15) is 18.4 Å². The topological polar surface area (TPSA) is 52.9 Å². The van der Waals surface area contributed by atoms with Crippen molar-refractivity contribution < 1.29 is 22.4 Å². The minimum atomic E-state index is -4.79. The number of carbonyl (C=O) groups is 1. The van der Waals surface area contributed by atoms with Gasteiger partial charge in [0.25, 0.3) is 0 Å². The van der Waals surface area contributed by atoms with E-state index in [4.69, 9.17) is 5.26 Å². The van der Waals surface area contributed by atoms with Gasteiger partial charge in [-0.05, 0) is 24.6 Å².